The molecule has 0 saturated heterocycles. The van der Waals surface area contributed by atoms with Crippen LogP contribution in [0, 0.1) is 11.8 Å². The van der Waals surface area contributed by atoms with Crippen molar-refractivity contribution in [2.24, 2.45) is 5.34 Å². The molecule has 1 aliphatic rings. The van der Waals surface area contributed by atoms with Gasteiger partial charge in [0.25, 0.3) is 6.79 Å². The van der Waals surface area contributed by atoms with E-state index in [4.69, 9.17) is 14.2 Å². The molecule has 0 radical (unpaired) electrons. The molecule has 0 saturated carbocycles. The molecule has 1 aliphatic heterocycles. The number of cyclic esters (lactones) is 1. The van der Waals surface area contributed by atoms with Gasteiger partial charge in [0, 0.05) is 17.5 Å². The van der Waals surface area contributed by atoms with Crippen molar-refractivity contribution in [3.8, 4) is 11.5 Å². The summed E-state index contributed by atoms with van der Waals surface area (Å²) in [5.41, 5.74) is 3.74. The number of esters is 2. The fraction of sp³-hybridized carbons (Fsp3) is 0.474. The summed E-state index contributed by atoms with van der Waals surface area (Å²) in [5, 5.41) is 2.14. The molecule has 2 rings (SSSR count). The molecular formula is C19H23NO8. The molecule has 28 heavy (non-hydrogen) atoms. The van der Waals surface area contributed by atoms with E-state index in [0.29, 0.717) is 29.9 Å². The van der Waals surface area contributed by atoms with E-state index in [-0.39, 0.29) is 13.0 Å². The van der Waals surface area contributed by atoms with Gasteiger partial charge in [-0.25, -0.2) is 4.79 Å². The van der Waals surface area contributed by atoms with Gasteiger partial charge in [0.1, 0.15) is 23.7 Å². The number of carbonyl (C=O) groups excluding carboxylic acids is 2. The van der Waals surface area contributed by atoms with E-state index in [0.717, 1.165) is 22.3 Å². The fourth-order valence-corrected chi connectivity index (χ4v) is 3.10. The molecule has 0 unspecified atom stereocenters. The van der Waals surface area contributed by atoms with Crippen molar-refractivity contribution in [3.63, 3.8) is 0 Å². The Morgan fingerprint density at radius 1 is 1.21 bits per heavy atom. The average Bonchev–Trinajstić information content (AvgIpc) is 3.07. The van der Waals surface area contributed by atoms with Gasteiger partial charge in [-0.2, -0.15) is 0 Å². The summed E-state index contributed by atoms with van der Waals surface area (Å²) in [6.45, 7) is 3.47. The molecule has 9 heteroatoms. The maximum atomic E-state index is 12.1. The maximum Gasteiger partial charge on any atom is 0.342 e. The van der Waals surface area contributed by atoms with E-state index >= 15 is 0 Å². The van der Waals surface area contributed by atoms with E-state index in [1.807, 2.05) is 19.9 Å². The van der Waals surface area contributed by atoms with Crippen LogP contribution in [0.25, 0.3) is 0 Å². The van der Waals surface area contributed by atoms with Gasteiger partial charge in [0.15, 0.2) is 5.34 Å². The second kappa shape index (κ2) is 9.72. The number of ether oxygens (including phenoxy) is 4. The van der Waals surface area contributed by atoms with Gasteiger partial charge >= 0.3 is 11.9 Å². The largest absolute Gasteiger partial charge is 0.496 e. The van der Waals surface area contributed by atoms with Gasteiger partial charge in [-0.3, -0.25) is 4.79 Å². The zero-order valence-corrected chi connectivity index (χ0v) is 16.3. The summed E-state index contributed by atoms with van der Waals surface area (Å²) >= 11 is 0. The molecule has 0 N–H and O–H groups in total. The van der Waals surface area contributed by atoms with Crippen LogP contribution >= 0.6 is 0 Å². The van der Waals surface area contributed by atoms with Crippen LogP contribution in [0.15, 0.2) is 17.0 Å². The lowest BCUT2D eigenvalue weighted by molar-refractivity contribution is -0.156. The molecule has 152 valence electrons. The highest BCUT2D eigenvalue weighted by Gasteiger charge is 2.32. The molecule has 1 aromatic carbocycles. The van der Waals surface area contributed by atoms with Crippen LogP contribution in [0.4, 0.5) is 0 Å². The highest BCUT2D eigenvalue weighted by molar-refractivity contribution is 5.98. The molecule has 0 amide bonds. The Kier molecular flexibility index (Phi) is 7.36. The summed E-state index contributed by atoms with van der Waals surface area (Å²) in [6, 6.07) is 0. The minimum absolute atomic E-state index is 0.133. The third-order valence-electron chi connectivity index (χ3n) is 4.53. The number of benzene rings is 1. The maximum absolute atomic E-state index is 12.1. The van der Waals surface area contributed by atoms with Crippen LogP contribution in [0.2, 0.25) is 0 Å². The first-order valence-corrected chi connectivity index (χ1v) is 8.63. The second-order valence-electron chi connectivity index (χ2n) is 6.19. The predicted molar refractivity (Wildman–Crippen MR) is 97.9 cm³/mol. The van der Waals surface area contributed by atoms with Crippen LogP contribution in [0.3, 0.4) is 0 Å². The van der Waals surface area contributed by atoms with Crippen LogP contribution in [-0.2, 0) is 32.1 Å². The summed E-state index contributed by atoms with van der Waals surface area (Å²) in [4.78, 5) is 37.5. The lowest BCUT2D eigenvalue weighted by Crippen LogP contribution is -2.07. The number of hydrogen-bond acceptors (Lipinski definition) is 9. The third kappa shape index (κ3) is 4.59. The highest BCUT2D eigenvalue weighted by atomic mass is 16.8. The van der Waals surface area contributed by atoms with Crippen LogP contribution < -0.4 is 9.47 Å². The van der Waals surface area contributed by atoms with E-state index in [1.165, 1.54) is 7.11 Å². The first-order valence-electron chi connectivity index (χ1n) is 8.63. The van der Waals surface area contributed by atoms with Gasteiger partial charge in [0.2, 0.25) is 0 Å². The monoisotopic (exact) mass is 393 g/mol. The van der Waals surface area contributed by atoms with E-state index in [9.17, 15) is 14.5 Å². The van der Waals surface area contributed by atoms with E-state index < -0.39 is 18.7 Å². The summed E-state index contributed by atoms with van der Waals surface area (Å²) in [5.74, 6) is 0.190. The van der Waals surface area contributed by atoms with Crippen molar-refractivity contribution in [1.29, 1.82) is 0 Å². The quantitative estimate of drug-likeness (QED) is 0.149. The Labute approximate surface area is 162 Å². The van der Waals surface area contributed by atoms with Gasteiger partial charge in [0.05, 0.1) is 14.2 Å². The number of allylic oxidation sites excluding steroid dienone is 2. The standard InChI is InChI=1S/C19H23NO8/c1-11(6-8-15(21)27-10-28-20-23)5-7-13-17(24-3)12(2)14-9-26-19(22)16(14)18(13)25-4/h5H,6-10H2,1-4H3/b11-5+. The number of methoxy groups -OCH3 is 2. The van der Waals surface area contributed by atoms with Crippen LogP contribution in [0.5, 0.6) is 11.5 Å². The molecule has 0 aromatic heterocycles. The van der Waals surface area contributed by atoms with E-state index in [2.05, 4.69) is 14.9 Å². The zero-order valence-electron chi connectivity index (χ0n) is 16.3. The molecule has 1 heterocycles. The van der Waals surface area contributed by atoms with Gasteiger partial charge in [-0.05, 0) is 32.3 Å². The zero-order chi connectivity index (χ0) is 20.7. The highest BCUT2D eigenvalue weighted by Crippen LogP contribution is 2.42. The first-order chi connectivity index (χ1) is 13.4. The Morgan fingerprint density at radius 3 is 2.57 bits per heavy atom. The average molecular weight is 393 g/mol. The molecule has 0 fully saturated rings. The lowest BCUT2D eigenvalue weighted by Gasteiger charge is -2.18. The summed E-state index contributed by atoms with van der Waals surface area (Å²) in [7, 11) is 3.07. The smallest absolute Gasteiger partial charge is 0.342 e. The Balaban J connectivity index is 2.17. The van der Waals surface area contributed by atoms with Gasteiger partial charge in [-0.1, -0.05) is 11.6 Å². The van der Waals surface area contributed by atoms with Crippen LogP contribution in [0.1, 0.15) is 46.8 Å². The second-order valence-corrected chi connectivity index (χ2v) is 6.19. The minimum atomic E-state index is -0.498. The molecule has 0 aliphatic carbocycles. The van der Waals surface area contributed by atoms with Gasteiger partial charge < -0.3 is 23.8 Å². The molecule has 0 bridgehead atoms. The third-order valence-corrected chi connectivity index (χ3v) is 4.53. The molecule has 0 spiro atoms. The normalized spacial score (nSPS) is 12.9. The number of rotatable bonds is 10. The van der Waals surface area contributed by atoms with Crippen molar-refractivity contribution in [1.82, 2.24) is 0 Å². The van der Waals surface area contributed by atoms with Crippen molar-refractivity contribution in [2.45, 2.75) is 39.7 Å². The molecular weight excluding hydrogens is 370 g/mol. The minimum Gasteiger partial charge on any atom is -0.496 e. The Morgan fingerprint density at radius 2 is 1.93 bits per heavy atom. The predicted octanol–water partition coefficient (Wildman–Crippen LogP) is 3.15. The number of fused-ring (bicyclic) bond motifs is 1. The Hall–Kier alpha value is -3.10. The van der Waals surface area contributed by atoms with Gasteiger partial charge in [-0.15, -0.1) is 4.91 Å². The van der Waals surface area contributed by atoms with Crippen molar-refractivity contribution in [3.05, 3.63) is 38.8 Å². The fourth-order valence-electron chi connectivity index (χ4n) is 3.10. The lowest BCUT2D eigenvalue weighted by atomic mass is 9.94. The number of hydrogen-bond donors (Lipinski definition) is 0. The van der Waals surface area contributed by atoms with E-state index in [1.54, 1.807) is 7.11 Å². The van der Waals surface area contributed by atoms with Crippen molar-refractivity contribution < 1.29 is 33.4 Å². The number of nitrogens with zero attached hydrogens (tertiary/aromatic N) is 1. The molecule has 9 nitrogen and oxygen atoms in total. The first kappa shape index (κ1) is 21.2. The summed E-state index contributed by atoms with van der Waals surface area (Å²) in [6.07, 6.45) is 2.98. The van der Waals surface area contributed by atoms with Crippen molar-refractivity contribution in [2.75, 3.05) is 21.0 Å². The summed E-state index contributed by atoms with van der Waals surface area (Å²) < 4.78 is 20.9. The SMILES string of the molecule is COc1c(C)c2c(c(OC)c1C/C=C(\C)CCC(=O)OCON=O)C(=O)OC2. The van der Waals surface area contributed by atoms with Crippen molar-refractivity contribution >= 4 is 11.9 Å². The topological polar surface area (TPSA) is 110 Å². The molecule has 1 aromatic rings. The Bertz CT molecular complexity index is 800. The van der Waals surface area contributed by atoms with Crippen LogP contribution in [-0.4, -0.2) is 33.0 Å². The number of carbonyl (C=O) groups is 2. The molecule has 0 atom stereocenters.